The molecule has 2 amide bonds. The zero-order valence-corrected chi connectivity index (χ0v) is 12.5. The molecular weight excluding hydrogens is 242 g/mol. The quantitative estimate of drug-likeness (QED) is 0.673. The maximum absolute atomic E-state index is 11.8. The number of hydrogen-bond donors (Lipinski definition) is 2. The van der Waals surface area contributed by atoms with Gasteiger partial charge in [-0.15, -0.1) is 0 Å². The summed E-state index contributed by atoms with van der Waals surface area (Å²) in [5.74, 6) is 0.427. The van der Waals surface area contributed by atoms with Crippen LogP contribution >= 0.6 is 0 Å². The molecule has 1 rings (SSSR count). The molecule has 0 bridgehead atoms. The largest absolute Gasteiger partial charge is 0.356 e. The van der Waals surface area contributed by atoms with E-state index in [-0.39, 0.29) is 23.7 Å². The fourth-order valence-corrected chi connectivity index (χ4v) is 1.92. The first kappa shape index (κ1) is 16.0. The first-order valence-corrected chi connectivity index (χ1v) is 7.12. The van der Waals surface area contributed by atoms with E-state index in [1.165, 1.54) is 0 Å². The number of nitrogens with one attached hydrogen (secondary N) is 2. The molecule has 5 heteroatoms. The molecule has 0 saturated heterocycles. The predicted octanol–water partition coefficient (Wildman–Crippen LogP) is 0.463. The fourth-order valence-electron chi connectivity index (χ4n) is 1.92. The van der Waals surface area contributed by atoms with Crippen molar-refractivity contribution in [1.82, 2.24) is 15.5 Å². The molecule has 1 fully saturated rings. The Bertz CT molecular complexity index is 286. The van der Waals surface area contributed by atoms with E-state index in [0.29, 0.717) is 25.4 Å². The third-order valence-electron chi connectivity index (χ3n) is 3.34. The van der Waals surface area contributed by atoms with Crippen LogP contribution in [0.5, 0.6) is 0 Å². The van der Waals surface area contributed by atoms with Crippen LogP contribution in [0, 0.1) is 17.8 Å². The number of hydrogen-bond acceptors (Lipinski definition) is 3. The monoisotopic (exact) mass is 269 g/mol. The van der Waals surface area contributed by atoms with Crippen molar-refractivity contribution in [3.05, 3.63) is 0 Å². The summed E-state index contributed by atoms with van der Waals surface area (Å²) in [5.41, 5.74) is 0. The zero-order chi connectivity index (χ0) is 14.4. The Morgan fingerprint density at radius 2 is 1.63 bits per heavy atom. The average molecular weight is 269 g/mol. The summed E-state index contributed by atoms with van der Waals surface area (Å²) in [5, 5.41) is 5.78. The van der Waals surface area contributed by atoms with Crippen LogP contribution in [-0.4, -0.2) is 50.4 Å². The van der Waals surface area contributed by atoms with Crippen LogP contribution in [-0.2, 0) is 9.59 Å². The van der Waals surface area contributed by atoms with Crippen LogP contribution in [0.1, 0.15) is 26.7 Å². The number of rotatable bonds is 8. The van der Waals surface area contributed by atoms with Crippen molar-refractivity contribution in [2.75, 3.05) is 33.7 Å². The van der Waals surface area contributed by atoms with Crippen LogP contribution in [0.3, 0.4) is 0 Å². The van der Waals surface area contributed by atoms with E-state index in [4.69, 9.17) is 0 Å². The van der Waals surface area contributed by atoms with Gasteiger partial charge < -0.3 is 15.5 Å². The highest BCUT2D eigenvalue weighted by Crippen LogP contribution is 2.38. The summed E-state index contributed by atoms with van der Waals surface area (Å²) in [7, 11) is 3.93. The van der Waals surface area contributed by atoms with Crippen molar-refractivity contribution < 1.29 is 9.59 Å². The molecule has 0 spiro atoms. The van der Waals surface area contributed by atoms with E-state index in [9.17, 15) is 9.59 Å². The fraction of sp³-hybridized carbons (Fsp3) is 0.857. The molecule has 0 aromatic rings. The zero-order valence-electron chi connectivity index (χ0n) is 12.5. The molecule has 0 radical (unpaired) electrons. The lowest BCUT2D eigenvalue weighted by Gasteiger charge is -2.10. The van der Waals surface area contributed by atoms with Gasteiger partial charge in [-0.3, -0.25) is 9.59 Å². The van der Waals surface area contributed by atoms with Crippen molar-refractivity contribution in [2.24, 2.45) is 17.8 Å². The molecule has 110 valence electrons. The number of carbonyl (C=O) groups is 2. The number of likely N-dealkylation sites (N-methyl/N-ethyl adjacent to an activating group) is 1. The second-order valence-corrected chi connectivity index (χ2v) is 6.02. The summed E-state index contributed by atoms with van der Waals surface area (Å²) in [6.07, 6.45) is 1.68. The van der Waals surface area contributed by atoms with Gasteiger partial charge in [-0.2, -0.15) is 0 Å². The molecule has 0 heterocycles. The lowest BCUT2D eigenvalue weighted by atomic mass is 10.1. The second-order valence-electron chi connectivity index (χ2n) is 6.02. The SMILES string of the molecule is CC(C)CCNC(=O)C1CC1C(=O)NCCN(C)C. The van der Waals surface area contributed by atoms with Gasteiger partial charge in [-0.05, 0) is 32.9 Å². The van der Waals surface area contributed by atoms with Crippen molar-refractivity contribution in [1.29, 1.82) is 0 Å². The average Bonchev–Trinajstić information content (AvgIpc) is 3.07. The predicted molar refractivity (Wildman–Crippen MR) is 75.6 cm³/mol. The van der Waals surface area contributed by atoms with Crippen molar-refractivity contribution in [2.45, 2.75) is 26.7 Å². The normalized spacial score (nSPS) is 21.6. The van der Waals surface area contributed by atoms with Gasteiger partial charge in [0.05, 0.1) is 11.8 Å². The van der Waals surface area contributed by atoms with Gasteiger partial charge in [0.1, 0.15) is 0 Å². The topological polar surface area (TPSA) is 61.4 Å². The van der Waals surface area contributed by atoms with E-state index in [0.717, 1.165) is 13.0 Å². The van der Waals surface area contributed by atoms with Crippen molar-refractivity contribution in [3.8, 4) is 0 Å². The van der Waals surface area contributed by atoms with Gasteiger partial charge in [-0.1, -0.05) is 13.8 Å². The maximum atomic E-state index is 11.8. The van der Waals surface area contributed by atoms with Crippen molar-refractivity contribution in [3.63, 3.8) is 0 Å². The van der Waals surface area contributed by atoms with E-state index in [2.05, 4.69) is 24.5 Å². The Kier molecular flexibility index (Phi) is 6.28. The third-order valence-corrected chi connectivity index (χ3v) is 3.34. The highest BCUT2D eigenvalue weighted by Gasteiger charge is 2.47. The minimum Gasteiger partial charge on any atom is -0.356 e. The lowest BCUT2D eigenvalue weighted by molar-refractivity contribution is -0.127. The molecule has 5 nitrogen and oxygen atoms in total. The Hall–Kier alpha value is -1.10. The van der Waals surface area contributed by atoms with Crippen LogP contribution in [0.2, 0.25) is 0 Å². The van der Waals surface area contributed by atoms with E-state index >= 15 is 0 Å². The highest BCUT2D eigenvalue weighted by molar-refractivity contribution is 5.92. The molecule has 0 aromatic carbocycles. The Balaban J connectivity index is 2.15. The molecule has 1 saturated carbocycles. The Morgan fingerprint density at radius 1 is 1.11 bits per heavy atom. The van der Waals surface area contributed by atoms with Crippen LogP contribution < -0.4 is 10.6 Å². The molecule has 1 aliphatic rings. The standard InChI is InChI=1S/C14H27N3O2/c1-10(2)5-6-15-13(18)11-9-12(11)14(19)16-7-8-17(3)4/h10-12H,5-9H2,1-4H3,(H,15,18)(H,16,19). The summed E-state index contributed by atoms with van der Waals surface area (Å²) >= 11 is 0. The van der Waals surface area contributed by atoms with Gasteiger partial charge in [0.25, 0.3) is 0 Å². The Labute approximate surface area is 116 Å². The highest BCUT2D eigenvalue weighted by atomic mass is 16.2. The molecule has 0 aliphatic heterocycles. The van der Waals surface area contributed by atoms with E-state index in [1.54, 1.807) is 0 Å². The van der Waals surface area contributed by atoms with Gasteiger partial charge in [0.15, 0.2) is 0 Å². The second kappa shape index (κ2) is 7.48. The molecule has 1 aliphatic carbocycles. The molecule has 2 N–H and O–H groups in total. The third kappa shape index (κ3) is 6.05. The first-order chi connectivity index (χ1) is 8.91. The number of amides is 2. The van der Waals surface area contributed by atoms with Crippen LogP contribution in [0.15, 0.2) is 0 Å². The number of nitrogens with zero attached hydrogens (tertiary/aromatic N) is 1. The summed E-state index contributed by atoms with van der Waals surface area (Å²) < 4.78 is 0. The molecular formula is C14H27N3O2. The van der Waals surface area contributed by atoms with Crippen molar-refractivity contribution >= 4 is 11.8 Å². The molecule has 0 aromatic heterocycles. The van der Waals surface area contributed by atoms with Gasteiger partial charge in [-0.25, -0.2) is 0 Å². The van der Waals surface area contributed by atoms with Gasteiger partial charge >= 0.3 is 0 Å². The van der Waals surface area contributed by atoms with Gasteiger partial charge in [0.2, 0.25) is 11.8 Å². The van der Waals surface area contributed by atoms with Crippen LogP contribution in [0.25, 0.3) is 0 Å². The summed E-state index contributed by atoms with van der Waals surface area (Å²) in [6.45, 7) is 6.43. The molecule has 2 unspecified atom stereocenters. The smallest absolute Gasteiger partial charge is 0.223 e. The maximum Gasteiger partial charge on any atom is 0.223 e. The minimum atomic E-state index is -0.110. The van der Waals surface area contributed by atoms with Gasteiger partial charge in [0, 0.05) is 19.6 Å². The Morgan fingerprint density at radius 3 is 2.11 bits per heavy atom. The lowest BCUT2D eigenvalue weighted by Crippen LogP contribution is -2.34. The van der Waals surface area contributed by atoms with E-state index < -0.39 is 0 Å². The summed E-state index contributed by atoms with van der Waals surface area (Å²) in [4.78, 5) is 25.6. The van der Waals surface area contributed by atoms with E-state index in [1.807, 2.05) is 19.0 Å². The minimum absolute atomic E-state index is 0.0193. The molecule has 2 atom stereocenters. The first-order valence-electron chi connectivity index (χ1n) is 7.12. The number of carbonyl (C=O) groups excluding carboxylic acids is 2. The van der Waals surface area contributed by atoms with Crippen LogP contribution in [0.4, 0.5) is 0 Å². The summed E-state index contributed by atoms with van der Waals surface area (Å²) in [6, 6.07) is 0. The molecule has 19 heavy (non-hydrogen) atoms.